The molecule has 52 valence electrons. The Hall–Kier alpha value is 0.170. The number of carbonyl (C=O) groups excluding carboxylic acids is 1. The monoisotopic (exact) mass is 164 g/mol. The molecule has 1 aliphatic heterocycles. The van der Waals surface area contributed by atoms with Gasteiger partial charge in [-0.05, 0) is 6.42 Å². The van der Waals surface area contributed by atoms with Crippen molar-refractivity contribution < 1.29 is 9.53 Å². The molecule has 0 aromatic heterocycles. The third-order valence-electron chi connectivity index (χ3n) is 1.19. The molecule has 1 fully saturated rings. The molecular weight excluding hydrogens is 156 g/mol. The minimum atomic E-state index is -0.263. The largest absolute Gasteiger partial charge is 0.464 e. The zero-order valence-electron chi connectivity index (χ0n) is 4.78. The highest BCUT2D eigenvalue weighted by Crippen LogP contribution is 2.17. The molecule has 0 bridgehead atoms. The average Bonchev–Trinajstić information content (AvgIpc) is 1.80. The molecule has 1 aliphatic rings. The standard InChI is InChI=1S/C5H8O2S2/c6-5-4(9)1-3(8)2-7-5/h3-4,8-9H,1-2H2. The van der Waals surface area contributed by atoms with Crippen LogP contribution in [-0.2, 0) is 9.53 Å². The predicted molar refractivity (Wildman–Crippen MR) is 41.1 cm³/mol. The van der Waals surface area contributed by atoms with Crippen LogP contribution in [0.4, 0.5) is 0 Å². The van der Waals surface area contributed by atoms with E-state index in [1.807, 2.05) is 0 Å². The number of esters is 1. The number of cyclic esters (lactones) is 1. The van der Waals surface area contributed by atoms with Crippen molar-refractivity contribution in [2.75, 3.05) is 6.61 Å². The zero-order valence-corrected chi connectivity index (χ0v) is 6.57. The number of rotatable bonds is 0. The molecule has 1 rings (SSSR count). The molecule has 1 heterocycles. The van der Waals surface area contributed by atoms with Gasteiger partial charge in [-0.2, -0.15) is 25.3 Å². The molecule has 0 saturated carbocycles. The molecule has 0 amide bonds. The van der Waals surface area contributed by atoms with Crippen molar-refractivity contribution in [1.29, 1.82) is 0 Å². The number of thiol groups is 2. The Bertz CT molecular complexity index is 126. The van der Waals surface area contributed by atoms with Gasteiger partial charge in [-0.15, -0.1) is 0 Å². The summed E-state index contributed by atoms with van der Waals surface area (Å²) in [6.45, 7) is 0.430. The number of hydrogen-bond donors (Lipinski definition) is 2. The van der Waals surface area contributed by atoms with Crippen LogP contribution in [0.25, 0.3) is 0 Å². The molecular formula is C5H8O2S2. The smallest absolute Gasteiger partial charge is 0.318 e. The van der Waals surface area contributed by atoms with Crippen LogP contribution in [0.5, 0.6) is 0 Å². The predicted octanol–water partition coefficient (Wildman–Crippen LogP) is 0.530. The third kappa shape index (κ3) is 1.79. The number of hydrogen-bond acceptors (Lipinski definition) is 4. The molecule has 0 N–H and O–H groups in total. The zero-order chi connectivity index (χ0) is 6.85. The van der Waals surface area contributed by atoms with Crippen LogP contribution in [-0.4, -0.2) is 23.1 Å². The molecule has 2 atom stereocenters. The maximum absolute atomic E-state index is 10.6. The summed E-state index contributed by atoms with van der Waals surface area (Å²) in [4.78, 5) is 10.6. The molecule has 0 radical (unpaired) electrons. The van der Waals surface area contributed by atoms with Crippen LogP contribution < -0.4 is 0 Å². The molecule has 2 nitrogen and oxygen atoms in total. The maximum Gasteiger partial charge on any atom is 0.318 e. The maximum atomic E-state index is 10.6. The third-order valence-corrected chi connectivity index (χ3v) is 1.97. The summed E-state index contributed by atoms with van der Waals surface area (Å²) in [6, 6.07) is 0. The van der Waals surface area contributed by atoms with Gasteiger partial charge in [0.15, 0.2) is 0 Å². The summed E-state index contributed by atoms with van der Waals surface area (Å²) in [6.07, 6.45) is 0.713. The van der Waals surface area contributed by atoms with Gasteiger partial charge in [0.2, 0.25) is 0 Å². The van der Waals surface area contributed by atoms with Gasteiger partial charge in [0.05, 0.1) is 0 Å². The second-order valence-corrected chi connectivity index (χ2v) is 3.39. The van der Waals surface area contributed by atoms with Gasteiger partial charge in [0.25, 0.3) is 0 Å². The summed E-state index contributed by atoms with van der Waals surface area (Å²) >= 11 is 8.13. The minimum Gasteiger partial charge on any atom is -0.464 e. The first-order valence-corrected chi connectivity index (χ1v) is 3.76. The quantitative estimate of drug-likeness (QED) is 0.403. The van der Waals surface area contributed by atoms with Crippen LogP contribution in [0.1, 0.15) is 6.42 Å². The molecule has 0 aromatic carbocycles. The molecule has 2 unspecified atom stereocenters. The lowest BCUT2D eigenvalue weighted by Gasteiger charge is -2.21. The van der Waals surface area contributed by atoms with E-state index < -0.39 is 0 Å². The van der Waals surface area contributed by atoms with E-state index in [1.54, 1.807) is 0 Å². The van der Waals surface area contributed by atoms with Crippen molar-refractivity contribution in [3.63, 3.8) is 0 Å². The fourth-order valence-electron chi connectivity index (χ4n) is 0.697. The molecule has 0 spiro atoms. The lowest BCUT2D eigenvalue weighted by molar-refractivity contribution is -0.145. The summed E-state index contributed by atoms with van der Waals surface area (Å²) < 4.78 is 4.71. The fraction of sp³-hybridized carbons (Fsp3) is 0.800. The first-order chi connectivity index (χ1) is 4.20. The van der Waals surface area contributed by atoms with Crippen molar-refractivity contribution in [3.05, 3.63) is 0 Å². The lowest BCUT2D eigenvalue weighted by Crippen LogP contribution is -2.31. The summed E-state index contributed by atoms with van der Waals surface area (Å²) in [5, 5.41) is -0.0913. The van der Waals surface area contributed by atoms with E-state index in [9.17, 15) is 4.79 Å². The van der Waals surface area contributed by atoms with Crippen molar-refractivity contribution in [2.24, 2.45) is 0 Å². The Morgan fingerprint density at radius 3 is 2.67 bits per heavy atom. The second-order valence-electron chi connectivity index (χ2n) is 2.04. The van der Waals surface area contributed by atoms with Crippen LogP contribution in [0.2, 0.25) is 0 Å². The minimum absolute atomic E-state index is 0.171. The highest BCUT2D eigenvalue weighted by atomic mass is 32.1. The summed E-state index contributed by atoms with van der Waals surface area (Å²) in [5.41, 5.74) is 0. The van der Waals surface area contributed by atoms with Crippen LogP contribution in [0, 0.1) is 0 Å². The molecule has 4 heteroatoms. The van der Waals surface area contributed by atoms with Crippen LogP contribution >= 0.6 is 25.3 Å². The van der Waals surface area contributed by atoms with E-state index in [-0.39, 0.29) is 16.5 Å². The first kappa shape index (κ1) is 7.28. The molecule has 0 aromatic rings. The molecule has 1 saturated heterocycles. The molecule has 0 aliphatic carbocycles. The van der Waals surface area contributed by atoms with Crippen LogP contribution in [0.15, 0.2) is 0 Å². The van der Waals surface area contributed by atoms with Crippen molar-refractivity contribution in [2.45, 2.75) is 16.9 Å². The first-order valence-electron chi connectivity index (χ1n) is 2.73. The Labute approximate surface area is 64.8 Å². The van der Waals surface area contributed by atoms with Gasteiger partial charge in [-0.3, -0.25) is 4.79 Å². The summed E-state index contributed by atoms with van der Waals surface area (Å²) in [5.74, 6) is -0.219. The fourth-order valence-corrected chi connectivity index (χ4v) is 1.48. The van der Waals surface area contributed by atoms with Gasteiger partial charge in [-0.25, -0.2) is 0 Å². The highest BCUT2D eigenvalue weighted by molar-refractivity contribution is 7.82. The van der Waals surface area contributed by atoms with Gasteiger partial charge in [0, 0.05) is 5.25 Å². The average molecular weight is 164 g/mol. The summed E-state index contributed by atoms with van der Waals surface area (Å²) in [7, 11) is 0. The van der Waals surface area contributed by atoms with Crippen molar-refractivity contribution >= 4 is 31.2 Å². The van der Waals surface area contributed by atoms with E-state index in [4.69, 9.17) is 4.74 Å². The van der Waals surface area contributed by atoms with Gasteiger partial charge in [-0.1, -0.05) is 0 Å². The second kappa shape index (κ2) is 2.84. The van der Waals surface area contributed by atoms with E-state index in [0.29, 0.717) is 13.0 Å². The number of ether oxygens (including phenoxy) is 1. The van der Waals surface area contributed by atoms with Crippen molar-refractivity contribution in [3.8, 4) is 0 Å². The normalized spacial score (nSPS) is 36.0. The van der Waals surface area contributed by atoms with E-state index in [2.05, 4.69) is 25.3 Å². The van der Waals surface area contributed by atoms with Gasteiger partial charge >= 0.3 is 5.97 Å². The van der Waals surface area contributed by atoms with Gasteiger partial charge < -0.3 is 4.74 Å². The number of carbonyl (C=O) groups is 1. The van der Waals surface area contributed by atoms with Gasteiger partial charge in [0.1, 0.15) is 11.9 Å². The lowest BCUT2D eigenvalue weighted by atomic mass is 10.2. The Morgan fingerprint density at radius 1 is 1.56 bits per heavy atom. The van der Waals surface area contributed by atoms with E-state index >= 15 is 0 Å². The van der Waals surface area contributed by atoms with E-state index in [0.717, 1.165) is 0 Å². The Kier molecular flexibility index (Phi) is 2.29. The topological polar surface area (TPSA) is 26.3 Å². The van der Waals surface area contributed by atoms with Crippen LogP contribution in [0.3, 0.4) is 0 Å². The van der Waals surface area contributed by atoms with Crippen molar-refractivity contribution in [1.82, 2.24) is 0 Å². The Balaban J connectivity index is 2.44. The molecule has 9 heavy (non-hydrogen) atoms. The van der Waals surface area contributed by atoms with E-state index in [1.165, 1.54) is 0 Å². The highest BCUT2D eigenvalue weighted by Gasteiger charge is 2.24. The Morgan fingerprint density at radius 2 is 2.22 bits per heavy atom. The SMILES string of the molecule is O=C1OCC(S)CC1S.